The number of aliphatic carboxylic acids is 1. The number of carboxylic acid groups (broad SMARTS) is 1. The number of nitrogens with one attached hydrogen (secondary N) is 2. The molecule has 2 heterocycles. The van der Waals surface area contributed by atoms with Gasteiger partial charge in [0.15, 0.2) is 0 Å². The van der Waals surface area contributed by atoms with Crippen LogP contribution in [0, 0.1) is 11.8 Å². The number of nitrogens with zero attached hydrogens (tertiary/aromatic N) is 1. The number of rotatable bonds is 2. The molecule has 0 amide bonds. The maximum absolute atomic E-state index is 11.4. The van der Waals surface area contributed by atoms with E-state index in [0.29, 0.717) is 5.92 Å². The summed E-state index contributed by atoms with van der Waals surface area (Å²) in [5.41, 5.74) is 9.07. The quantitative estimate of drug-likeness (QED) is 0.795. The third-order valence-electron chi connectivity index (χ3n) is 5.37. The number of benzene rings is 1. The summed E-state index contributed by atoms with van der Waals surface area (Å²) < 4.78 is 2.11. The van der Waals surface area contributed by atoms with E-state index >= 15 is 0 Å². The zero-order chi connectivity index (χ0) is 15.3. The predicted molar refractivity (Wildman–Crippen MR) is 84.2 cm³/mol. The van der Waals surface area contributed by atoms with Crippen molar-refractivity contribution in [2.75, 3.05) is 0 Å². The highest BCUT2D eigenvalue weighted by Gasteiger charge is 2.45. The lowest BCUT2D eigenvalue weighted by Crippen LogP contribution is -2.43. The Morgan fingerprint density at radius 2 is 2.14 bits per heavy atom. The topological polar surface area (TPSA) is 66.3 Å². The van der Waals surface area contributed by atoms with E-state index in [2.05, 4.69) is 45.9 Å². The van der Waals surface area contributed by atoms with E-state index in [1.807, 2.05) is 7.05 Å². The van der Waals surface area contributed by atoms with Gasteiger partial charge in [-0.25, -0.2) is 5.43 Å². The van der Waals surface area contributed by atoms with Crippen LogP contribution in [-0.2, 0) is 11.8 Å². The van der Waals surface area contributed by atoms with Crippen molar-refractivity contribution < 1.29 is 9.90 Å². The van der Waals surface area contributed by atoms with Crippen LogP contribution in [0.1, 0.15) is 30.9 Å². The molecule has 5 heteroatoms. The van der Waals surface area contributed by atoms with Crippen LogP contribution in [0.3, 0.4) is 0 Å². The average Bonchev–Trinajstić information content (AvgIpc) is 3.10. The molecule has 1 saturated carbocycles. The van der Waals surface area contributed by atoms with Gasteiger partial charge in [0.2, 0.25) is 0 Å². The molecular formula is C17H21N3O2. The molecule has 22 heavy (non-hydrogen) atoms. The molecule has 3 N–H and O–H groups in total. The van der Waals surface area contributed by atoms with Gasteiger partial charge in [-0.2, -0.15) is 0 Å². The Morgan fingerprint density at radius 3 is 2.95 bits per heavy atom. The van der Waals surface area contributed by atoms with E-state index < -0.39 is 5.97 Å². The van der Waals surface area contributed by atoms with Crippen molar-refractivity contribution in [3.63, 3.8) is 0 Å². The molecule has 2 aliphatic rings. The van der Waals surface area contributed by atoms with Crippen LogP contribution in [0.15, 0.2) is 30.5 Å². The molecule has 1 aromatic carbocycles. The molecule has 116 valence electrons. The Hall–Kier alpha value is -1.85. The number of carboxylic acids is 1. The third kappa shape index (κ3) is 2.04. The minimum absolute atomic E-state index is 0.0303. The van der Waals surface area contributed by atoms with E-state index in [-0.39, 0.29) is 18.0 Å². The first-order valence-corrected chi connectivity index (χ1v) is 7.94. The Bertz CT molecular complexity index is 724. The number of hydrogen-bond acceptors (Lipinski definition) is 3. The smallest absolute Gasteiger partial charge is 0.308 e. The monoisotopic (exact) mass is 299 g/mol. The largest absolute Gasteiger partial charge is 0.481 e. The molecular weight excluding hydrogens is 278 g/mol. The molecule has 2 fully saturated rings. The molecule has 0 spiro atoms. The van der Waals surface area contributed by atoms with Crippen LogP contribution in [-0.4, -0.2) is 21.7 Å². The van der Waals surface area contributed by atoms with Gasteiger partial charge in [-0.15, -0.1) is 0 Å². The first kappa shape index (κ1) is 13.8. The fraction of sp³-hybridized carbons (Fsp3) is 0.471. The second kappa shape index (κ2) is 5.11. The molecule has 4 unspecified atom stereocenters. The van der Waals surface area contributed by atoms with Crippen molar-refractivity contribution in [2.45, 2.75) is 31.3 Å². The van der Waals surface area contributed by atoms with Gasteiger partial charge >= 0.3 is 5.97 Å². The van der Waals surface area contributed by atoms with Crippen molar-refractivity contribution in [1.29, 1.82) is 0 Å². The Morgan fingerprint density at radius 1 is 1.27 bits per heavy atom. The Balaban J connectivity index is 1.66. The first-order chi connectivity index (χ1) is 10.6. The van der Waals surface area contributed by atoms with Crippen molar-refractivity contribution in [2.24, 2.45) is 18.9 Å². The molecule has 5 nitrogen and oxygen atoms in total. The molecule has 2 aromatic rings. The third-order valence-corrected chi connectivity index (χ3v) is 5.37. The van der Waals surface area contributed by atoms with Crippen LogP contribution < -0.4 is 10.9 Å². The molecule has 0 bridgehead atoms. The van der Waals surface area contributed by atoms with E-state index in [1.165, 1.54) is 16.5 Å². The number of hydrazine groups is 1. The summed E-state index contributed by atoms with van der Waals surface area (Å²) in [6.07, 6.45) is 4.91. The predicted octanol–water partition coefficient (Wildman–Crippen LogP) is 2.20. The highest BCUT2D eigenvalue weighted by molar-refractivity contribution is 5.81. The summed E-state index contributed by atoms with van der Waals surface area (Å²) in [7, 11) is 2.05. The molecule has 0 radical (unpaired) electrons. The summed E-state index contributed by atoms with van der Waals surface area (Å²) in [4.78, 5) is 11.4. The summed E-state index contributed by atoms with van der Waals surface area (Å²) >= 11 is 0. The van der Waals surface area contributed by atoms with Crippen molar-refractivity contribution in [3.05, 3.63) is 36.0 Å². The summed E-state index contributed by atoms with van der Waals surface area (Å²) in [6.45, 7) is 0. The SMILES string of the molecule is Cn1ccc2cc(C3NNC4C(C(=O)O)CCCC34)ccc21. The number of fused-ring (bicyclic) bond motifs is 2. The highest BCUT2D eigenvalue weighted by atomic mass is 16.4. The second-order valence-corrected chi connectivity index (χ2v) is 6.58. The Labute approximate surface area is 129 Å². The minimum Gasteiger partial charge on any atom is -0.481 e. The summed E-state index contributed by atoms with van der Waals surface area (Å²) in [5.74, 6) is -0.615. The van der Waals surface area contributed by atoms with Gasteiger partial charge in [0.05, 0.1) is 12.0 Å². The average molecular weight is 299 g/mol. The fourth-order valence-electron chi connectivity index (χ4n) is 4.21. The lowest BCUT2D eigenvalue weighted by Gasteiger charge is -2.32. The van der Waals surface area contributed by atoms with Gasteiger partial charge in [0.25, 0.3) is 0 Å². The highest BCUT2D eigenvalue weighted by Crippen LogP contribution is 2.41. The van der Waals surface area contributed by atoms with Crippen LogP contribution in [0.25, 0.3) is 10.9 Å². The number of carbonyl (C=O) groups is 1. The van der Waals surface area contributed by atoms with Crippen molar-refractivity contribution in [3.8, 4) is 0 Å². The first-order valence-electron chi connectivity index (χ1n) is 7.94. The lowest BCUT2D eigenvalue weighted by molar-refractivity contribution is -0.144. The van der Waals surface area contributed by atoms with Gasteiger partial charge < -0.3 is 9.67 Å². The second-order valence-electron chi connectivity index (χ2n) is 6.58. The van der Waals surface area contributed by atoms with Crippen LogP contribution in [0.2, 0.25) is 0 Å². The number of hydrogen-bond donors (Lipinski definition) is 3. The number of aromatic nitrogens is 1. The van der Waals surface area contributed by atoms with E-state index in [1.54, 1.807) is 0 Å². The van der Waals surface area contributed by atoms with Gasteiger partial charge in [0, 0.05) is 24.8 Å². The zero-order valence-electron chi connectivity index (χ0n) is 12.6. The van der Waals surface area contributed by atoms with Crippen molar-refractivity contribution in [1.82, 2.24) is 15.4 Å². The maximum Gasteiger partial charge on any atom is 0.308 e. The molecule has 4 atom stereocenters. The standard InChI is InChI=1S/C17H21N3O2/c1-20-8-7-10-9-11(5-6-14(10)20)15-12-3-2-4-13(17(21)22)16(12)19-18-15/h5-9,12-13,15-16,18-19H,2-4H2,1H3,(H,21,22). The van der Waals surface area contributed by atoms with E-state index in [4.69, 9.17) is 0 Å². The molecule has 1 aliphatic heterocycles. The molecule has 1 aromatic heterocycles. The molecule has 1 aliphatic carbocycles. The normalized spacial score (nSPS) is 31.3. The van der Waals surface area contributed by atoms with Crippen LogP contribution in [0.4, 0.5) is 0 Å². The summed E-state index contributed by atoms with van der Waals surface area (Å²) in [6, 6.07) is 8.88. The van der Waals surface area contributed by atoms with E-state index in [0.717, 1.165) is 19.3 Å². The summed E-state index contributed by atoms with van der Waals surface area (Å²) in [5, 5.41) is 10.6. The van der Waals surface area contributed by atoms with Gasteiger partial charge in [-0.05, 0) is 47.9 Å². The van der Waals surface area contributed by atoms with Gasteiger partial charge in [-0.3, -0.25) is 10.2 Å². The zero-order valence-corrected chi connectivity index (χ0v) is 12.6. The minimum atomic E-state index is -0.678. The van der Waals surface area contributed by atoms with Gasteiger partial charge in [0.1, 0.15) is 0 Å². The van der Waals surface area contributed by atoms with Crippen molar-refractivity contribution >= 4 is 16.9 Å². The Kier molecular flexibility index (Phi) is 3.20. The fourth-order valence-corrected chi connectivity index (χ4v) is 4.21. The maximum atomic E-state index is 11.4. The van der Waals surface area contributed by atoms with E-state index in [9.17, 15) is 9.90 Å². The molecule has 1 saturated heterocycles. The lowest BCUT2D eigenvalue weighted by atomic mass is 9.74. The van der Waals surface area contributed by atoms with Crippen LogP contribution >= 0.6 is 0 Å². The number of aryl methyl sites for hydroxylation is 1. The molecule has 4 rings (SSSR count). The van der Waals surface area contributed by atoms with Gasteiger partial charge in [-0.1, -0.05) is 12.5 Å². The van der Waals surface area contributed by atoms with Crippen LogP contribution in [0.5, 0.6) is 0 Å².